The van der Waals surface area contributed by atoms with Crippen LogP contribution in [0.5, 0.6) is 5.75 Å². The monoisotopic (exact) mass is 554 g/mol. The summed E-state index contributed by atoms with van der Waals surface area (Å²) in [6.07, 6.45) is 10.8. The topological polar surface area (TPSA) is 18.5 Å². The first-order valence-corrected chi connectivity index (χ1v) is 14.4. The Bertz CT molecular complexity index is 1260. The van der Waals surface area contributed by atoms with Gasteiger partial charge in [0, 0.05) is 17.0 Å². The van der Waals surface area contributed by atoms with Gasteiger partial charge in [0.25, 0.3) is 0 Å². The van der Waals surface area contributed by atoms with E-state index >= 15 is 8.78 Å². The molecule has 0 aromatic heterocycles. The Balaban J connectivity index is 1.40. The van der Waals surface area contributed by atoms with Gasteiger partial charge in [0.1, 0.15) is 0 Å². The lowest BCUT2D eigenvalue weighted by Crippen LogP contribution is -2.23. The van der Waals surface area contributed by atoms with Crippen LogP contribution in [0.25, 0.3) is 22.3 Å². The fourth-order valence-electron chi connectivity index (χ4n) is 5.24. The molecule has 0 N–H and O–H groups in total. The molecule has 0 amide bonds. The van der Waals surface area contributed by atoms with E-state index in [1.165, 1.54) is 37.8 Å². The lowest BCUT2D eigenvalue weighted by molar-refractivity contribution is 0.0320. The molecule has 2 nitrogen and oxygen atoms in total. The van der Waals surface area contributed by atoms with Crippen molar-refractivity contribution in [2.75, 3.05) is 13.2 Å². The molecule has 3 aromatic rings. The molecule has 0 spiro atoms. The smallest absolute Gasteiger partial charge is 0.201 e. The van der Waals surface area contributed by atoms with E-state index in [1.807, 2.05) is 0 Å². The second kappa shape index (κ2) is 14.5. The molecule has 0 radical (unpaired) electrons. The maximum Gasteiger partial charge on any atom is 0.201 e. The Labute approximate surface area is 235 Å². The van der Waals surface area contributed by atoms with Crippen LogP contribution in [0.3, 0.4) is 0 Å². The van der Waals surface area contributed by atoms with Gasteiger partial charge in [0.05, 0.1) is 19.3 Å². The van der Waals surface area contributed by atoms with Crippen molar-refractivity contribution < 1.29 is 27.0 Å². The fourth-order valence-corrected chi connectivity index (χ4v) is 5.24. The highest BCUT2D eigenvalue weighted by Crippen LogP contribution is 2.36. The van der Waals surface area contributed by atoms with E-state index in [9.17, 15) is 8.78 Å². The molecule has 3 aromatic carbocycles. The molecule has 0 bridgehead atoms. The minimum absolute atomic E-state index is 0.0566. The highest BCUT2D eigenvalue weighted by molar-refractivity contribution is 5.72. The van der Waals surface area contributed by atoms with Crippen molar-refractivity contribution in [2.45, 2.75) is 76.7 Å². The molecule has 1 saturated heterocycles. The van der Waals surface area contributed by atoms with Crippen molar-refractivity contribution in [1.29, 1.82) is 0 Å². The normalized spacial score (nSPS) is 17.1. The van der Waals surface area contributed by atoms with Gasteiger partial charge in [-0.05, 0) is 48.1 Å². The summed E-state index contributed by atoms with van der Waals surface area (Å²) < 4.78 is 70.9. The van der Waals surface area contributed by atoms with E-state index in [0.29, 0.717) is 42.7 Å². The van der Waals surface area contributed by atoms with E-state index in [0.717, 1.165) is 19.3 Å². The van der Waals surface area contributed by atoms with Crippen LogP contribution in [0.4, 0.5) is 17.6 Å². The average Bonchev–Trinajstić information content (AvgIpc) is 2.98. The number of halogens is 4. The van der Waals surface area contributed by atoms with Crippen molar-refractivity contribution in [3.63, 3.8) is 0 Å². The van der Waals surface area contributed by atoms with E-state index < -0.39 is 23.3 Å². The third-order valence-corrected chi connectivity index (χ3v) is 7.69. The number of hydrogen-bond donors (Lipinski definition) is 0. The predicted molar refractivity (Wildman–Crippen MR) is 153 cm³/mol. The summed E-state index contributed by atoms with van der Waals surface area (Å²) >= 11 is 0. The van der Waals surface area contributed by atoms with E-state index in [-0.39, 0.29) is 28.9 Å². The van der Waals surface area contributed by atoms with E-state index in [4.69, 9.17) is 9.47 Å². The Morgan fingerprint density at radius 3 is 1.95 bits per heavy atom. The van der Waals surface area contributed by atoms with Gasteiger partial charge < -0.3 is 9.47 Å². The summed E-state index contributed by atoms with van der Waals surface area (Å²) in [5, 5.41) is 0. The fraction of sp³-hybridized carbons (Fsp3) is 0.412. The van der Waals surface area contributed by atoms with Crippen LogP contribution >= 0.6 is 0 Å². The number of ether oxygens (including phenoxy) is 2. The summed E-state index contributed by atoms with van der Waals surface area (Å²) in [5.41, 5.74) is 1.34. The first kappa shape index (κ1) is 29.9. The molecule has 1 aliphatic heterocycles. The summed E-state index contributed by atoms with van der Waals surface area (Å²) in [6, 6.07) is 12.4. The first-order chi connectivity index (χ1) is 19.4. The summed E-state index contributed by atoms with van der Waals surface area (Å²) in [4.78, 5) is 0. The number of rotatable bonds is 13. The van der Waals surface area contributed by atoms with Gasteiger partial charge in [-0.1, -0.05) is 87.9 Å². The maximum absolute atomic E-state index is 15.1. The molecule has 0 saturated carbocycles. The van der Waals surface area contributed by atoms with E-state index in [2.05, 4.69) is 13.5 Å². The molecule has 0 aliphatic carbocycles. The maximum atomic E-state index is 15.1. The van der Waals surface area contributed by atoms with Crippen molar-refractivity contribution in [2.24, 2.45) is 0 Å². The molecule has 40 heavy (non-hydrogen) atoms. The Kier molecular flexibility index (Phi) is 10.8. The lowest BCUT2D eigenvalue weighted by atomic mass is 9.89. The number of hydrogen-bond acceptors (Lipinski definition) is 2. The van der Waals surface area contributed by atoms with Crippen LogP contribution in [0.2, 0.25) is 0 Å². The second-order valence-corrected chi connectivity index (χ2v) is 10.5. The summed E-state index contributed by atoms with van der Waals surface area (Å²) in [7, 11) is 0. The summed E-state index contributed by atoms with van der Waals surface area (Å²) in [6.45, 7) is 6.54. The zero-order valence-electron chi connectivity index (χ0n) is 23.2. The molecule has 1 fully saturated rings. The first-order valence-electron chi connectivity index (χ1n) is 14.4. The molecule has 214 valence electrons. The largest absolute Gasteiger partial charge is 0.490 e. The molecule has 2 unspecified atom stereocenters. The van der Waals surface area contributed by atoms with Crippen molar-refractivity contribution in [3.8, 4) is 28.0 Å². The van der Waals surface area contributed by atoms with Gasteiger partial charge >= 0.3 is 0 Å². The molecule has 6 heteroatoms. The zero-order valence-corrected chi connectivity index (χ0v) is 23.2. The quantitative estimate of drug-likeness (QED) is 0.119. The molecular formula is C34H38F4O2. The number of benzene rings is 3. The Morgan fingerprint density at radius 2 is 1.35 bits per heavy atom. The minimum atomic E-state index is -1.03. The van der Waals surface area contributed by atoms with Crippen LogP contribution in [-0.2, 0) is 4.74 Å². The van der Waals surface area contributed by atoms with Gasteiger partial charge in [-0.15, -0.1) is 6.58 Å². The Morgan fingerprint density at radius 1 is 0.750 bits per heavy atom. The molecule has 2 atom stereocenters. The predicted octanol–water partition coefficient (Wildman–Crippen LogP) is 10.2. The van der Waals surface area contributed by atoms with Crippen LogP contribution in [0.1, 0.15) is 76.2 Å². The Hall–Kier alpha value is -3.12. The SMILES string of the molecule is C=CC1CCC(c2ccc(-c3ccc(-c4ccc(OCCCCCCCCC)c(F)c4F)cc3)c(F)c2F)CO1. The van der Waals surface area contributed by atoms with Crippen LogP contribution in [0.15, 0.2) is 61.2 Å². The van der Waals surface area contributed by atoms with Gasteiger partial charge in [0.15, 0.2) is 23.2 Å². The summed E-state index contributed by atoms with van der Waals surface area (Å²) in [5.74, 6) is -4.17. The molecular weight excluding hydrogens is 516 g/mol. The third kappa shape index (κ3) is 7.14. The standard InChI is InChI=1S/C34H38F4O2/c1-3-5-6-7-8-9-10-21-39-30-20-19-28(33(37)34(30)38)24-13-11-23(12-14-24)27-17-18-29(32(36)31(27)35)25-15-16-26(4-2)40-22-25/h4,11-14,17-20,25-26H,2-3,5-10,15-16,21-22H2,1H3. The van der Waals surface area contributed by atoms with Crippen LogP contribution < -0.4 is 4.74 Å². The highest BCUT2D eigenvalue weighted by Gasteiger charge is 2.26. The van der Waals surface area contributed by atoms with E-state index in [1.54, 1.807) is 42.5 Å². The van der Waals surface area contributed by atoms with Crippen LogP contribution in [-0.4, -0.2) is 19.3 Å². The van der Waals surface area contributed by atoms with Gasteiger partial charge in [-0.25, -0.2) is 13.2 Å². The van der Waals surface area contributed by atoms with Gasteiger partial charge in [-0.2, -0.15) is 4.39 Å². The van der Waals surface area contributed by atoms with Gasteiger partial charge in [0.2, 0.25) is 5.82 Å². The highest BCUT2D eigenvalue weighted by atomic mass is 19.2. The molecule has 1 aliphatic rings. The van der Waals surface area contributed by atoms with Gasteiger partial charge in [-0.3, -0.25) is 0 Å². The van der Waals surface area contributed by atoms with Crippen LogP contribution in [0, 0.1) is 23.3 Å². The third-order valence-electron chi connectivity index (χ3n) is 7.69. The van der Waals surface area contributed by atoms with Crippen molar-refractivity contribution in [1.82, 2.24) is 0 Å². The second-order valence-electron chi connectivity index (χ2n) is 10.5. The average molecular weight is 555 g/mol. The minimum Gasteiger partial charge on any atom is -0.490 e. The zero-order chi connectivity index (χ0) is 28.5. The van der Waals surface area contributed by atoms with Crippen molar-refractivity contribution >= 4 is 0 Å². The molecule has 1 heterocycles. The lowest BCUT2D eigenvalue weighted by Gasteiger charge is -2.28. The molecule has 4 rings (SSSR count). The van der Waals surface area contributed by atoms with Crippen molar-refractivity contribution in [3.05, 3.63) is 90.0 Å². The number of unbranched alkanes of at least 4 members (excludes halogenated alkanes) is 6.